The minimum absolute atomic E-state index is 0.635. The zero-order valence-corrected chi connectivity index (χ0v) is 12.5. The van der Waals surface area contributed by atoms with E-state index >= 15 is 0 Å². The largest absolute Gasteiger partial charge is 0.382 e. The maximum atomic E-state index is 3.78. The molecule has 1 N–H and O–H groups in total. The van der Waals surface area contributed by atoms with Gasteiger partial charge in [-0.2, -0.15) is 0 Å². The number of para-hydroxylation sites is 1. The topological polar surface area (TPSA) is 12.0 Å². The second-order valence-electron chi connectivity index (χ2n) is 6.56. The van der Waals surface area contributed by atoms with Crippen LogP contribution in [0.3, 0.4) is 0 Å². The molecule has 2 unspecified atom stereocenters. The molecule has 0 radical (unpaired) electrons. The molecular formula is C20H23N. The lowest BCUT2D eigenvalue weighted by Gasteiger charge is -2.32. The first-order valence-electron chi connectivity index (χ1n) is 8.32. The van der Waals surface area contributed by atoms with E-state index < -0.39 is 0 Å². The molecular weight excluding hydrogens is 254 g/mol. The fraction of sp³-hybridized carbons (Fsp3) is 0.400. The second kappa shape index (κ2) is 5.55. The van der Waals surface area contributed by atoms with E-state index in [1.54, 1.807) is 11.1 Å². The molecule has 2 atom stereocenters. The van der Waals surface area contributed by atoms with Gasteiger partial charge in [0, 0.05) is 11.7 Å². The first-order chi connectivity index (χ1) is 10.4. The number of aryl methyl sites for hydroxylation is 2. The van der Waals surface area contributed by atoms with Gasteiger partial charge >= 0.3 is 0 Å². The summed E-state index contributed by atoms with van der Waals surface area (Å²) in [4.78, 5) is 0. The second-order valence-corrected chi connectivity index (χ2v) is 6.56. The van der Waals surface area contributed by atoms with E-state index in [0.29, 0.717) is 6.04 Å². The summed E-state index contributed by atoms with van der Waals surface area (Å²) >= 11 is 0. The van der Waals surface area contributed by atoms with Gasteiger partial charge in [-0.05, 0) is 67.2 Å². The number of hydrogen-bond acceptors (Lipinski definition) is 1. The Balaban J connectivity index is 1.51. The Morgan fingerprint density at radius 1 is 0.857 bits per heavy atom. The van der Waals surface area contributed by atoms with Crippen LogP contribution in [0.5, 0.6) is 0 Å². The molecule has 1 heterocycles. The summed E-state index contributed by atoms with van der Waals surface area (Å²) in [5, 5.41) is 3.78. The molecule has 1 nitrogen and oxygen atoms in total. The average Bonchev–Trinajstić information content (AvgIpc) is 2.55. The predicted octanol–water partition coefficient (Wildman–Crippen LogP) is 4.92. The third-order valence-electron chi connectivity index (χ3n) is 5.20. The molecule has 1 heteroatoms. The van der Waals surface area contributed by atoms with Crippen LogP contribution in [0, 0.1) is 0 Å². The number of fused-ring (bicyclic) bond motifs is 2. The van der Waals surface area contributed by atoms with Crippen molar-refractivity contribution >= 4 is 5.69 Å². The quantitative estimate of drug-likeness (QED) is 0.821. The molecule has 2 aliphatic rings. The first-order valence-corrected chi connectivity index (χ1v) is 8.32. The zero-order valence-electron chi connectivity index (χ0n) is 12.5. The van der Waals surface area contributed by atoms with E-state index in [1.165, 1.54) is 49.8 Å². The molecule has 0 saturated heterocycles. The standard InChI is InChI=1S/C20H23N/c1-3-10-19-15(6-1)8-5-9-17(19)14-18-13-12-16-7-2-4-11-20(16)21-18/h1-4,6-7,10-11,17-18,21H,5,8-9,12-14H2. The van der Waals surface area contributed by atoms with E-state index in [0.717, 1.165) is 5.92 Å². The lowest BCUT2D eigenvalue weighted by molar-refractivity contribution is 0.463. The summed E-state index contributed by atoms with van der Waals surface area (Å²) in [6.45, 7) is 0. The third-order valence-corrected chi connectivity index (χ3v) is 5.20. The minimum atomic E-state index is 0.635. The van der Waals surface area contributed by atoms with Crippen molar-refractivity contribution in [2.45, 2.75) is 50.5 Å². The Morgan fingerprint density at radius 3 is 2.62 bits per heavy atom. The normalized spacial score (nSPS) is 23.8. The minimum Gasteiger partial charge on any atom is -0.382 e. The van der Waals surface area contributed by atoms with Gasteiger partial charge in [0.25, 0.3) is 0 Å². The molecule has 0 fully saturated rings. The van der Waals surface area contributed by atoms with Gasteiger partial charge in [-0.25, -0.2) is 0 Å². The number of hydrogen-bond donors (Lipinski definition) is 1. The van der Waals surface area contributed by atoms with Crippen LogP contribution >= 0.6 is 0 Å². The van der Waals surface area contributed by atoms with Gasteiger partial charge in [0.05, 0.1) is 0 Å². The van der Waals surface area contributed by atoms with Gasteiger partial charge in [-0.3, -0.25) is 0 Å². The summed E-state index contributed by atoms with van der Waals surface area (Å²) in [5.74, 6) is 0.748. The molecule has 0 saturated carbocycles. The van der Waals surface area contributed by atoms with Crippen molar-refractivity contribution in [1.29, 1.82) is 0 Å². The smallest absolute Gasteiger partial charge is 0.0374 e. The van der Waals surface area contributed by atoms with Gasteiger partial charge in [-0.15, -0.1) is 0 Å². The van der Waals surface area contributed by atoms with Gasteiger partial charge in [-0.1, -0.05) is 42.5 Å². The fourth-order valence-electron chi connectivity index (χ4n) is 4.12. The van der Waals surface area contributed by atoms with Gasteiger partial charge in [0.15, 0.2) is 0 Å². The van der Waals surface area contributed by atoms with Crippen molar-refractivity contribution in [1.82, 2.24) is 0 Å². The lowest BCUT2D eigenvalue weighted by Crippen LogP contribution is -2.28. The number of anilines is 1. The van der Waals surface area contributed by atoms with Crippen LogP contribution in [0.2, 0.25) is 0 Å². The van der Waals surface area contributed by atoms with Crippen LogP contribution in [-0.2, 0) is 12.8 Å². The molecule has 0 bridgehead atoms. The van der Waals surface area contributed by atoms with Crippen LogP contribution in [-0.4, -0.2) is 6.04 Å². The monoisotopic (exact) mass is 277 g/mol. The highest BCUT2D eigenvalue weighted by Gasteiger charge is 2.25. The predicted molar refractivity (Wildman–Crippen MR) is 88.9 cm³/mol. The van der Waals surface area contributed by atoms with Gasteiger partial charge in [0.2, 0.25) is 0 Å². The Hall–Kier alpha value is -1.76. The van der Waals surface area contributed by atoms with Crippen LogP contribution < -0.4 is 5.32 Å². The molecule has 4 rings (SSSR count). The van der Waals surface area contributed by atoms with Crippen molar-refractivity contribution in [2.24, 2.45) is 0 Å². The maximum absolute atomic E-state index is 3.78. The molecule has 0 amide bonds. The summed E-state index contributed by atoms with van der Waals surface area (Å²) in [7, 11) is 0. The van der Waals surface area contributed by atoms with Crippen LogP contribution in [0.1, 0.15) is 48.3 Å². The average molecular weight is 277 g/mol. The van der Waals surface area contributed by atoms with Crippen molar-refractivity contribution < 1.29 is 0 Å². The summed E-state index contributed by atoms with van der Waals surface area (Å²) in [6.07, 6.45) is 7.76. The molecule has 2 aromatic rings. The van der Waals surface area contributed by atoms with Crippen molar-refractivity contribution in [3.05, 3.63) is 65.2 Å². The van der Waals surface area contributed by atoms with Crippen molar-refractivity contribution in [2.75, 3.05) is 5.32 Å². The van der Waals surface area contributed by atoms with E-state index in [-0.39, 0.29) is 0 Å². The van der Waals surface area contributed by atoms with E-state index in [2.05, 4.69) is 53.8 Å². The summed E-state index contributed by atoms with van der Waals surface area (Å²) in [5.41, 5.74) is 6.05. The van der Waals surface area contributed by atoms with Crippen LogP contribution in [0.4, 0.5) is 5.69 Å². The molecule has 21 heavy (non-hydrogen) atoms. The molecule has 1 aliphatic heterocycles. The van der Waals surface area contributed by atoms with Crippen LogP contribution in [0.25, 0.3) is 0 Å². The van der Waals surface area contributed by atoms with E-state index in [4.69, 9.17) is 0 Å². The summed E-state index contributed by atoms with van der Waals surface area (Å²) in [6, 6.07) is 18.5. The Bertz CT molecular complexity index is 631. The number of rotatable bonds is 2. The fourth-order valence-corrected chi connectivity index (χ4v) is 4.12. The molecule has 2 aromatic carbocycles. The SMILES string of the molecule is c1ccc2c(c1)CCC(CC1CCCc3ccccc31)N2. The molecule has 0 spiro atoms. The highest BCUT2D eigenvalue weighted by molar-refractivity contribution is 5.53. The molecule has 1 aliphatic carbocycles. The Labute approximate surface area is 127 Å². The van der Waals surface area contributed by atoms with E-state index in [1.807, 2.05) is 0 Å². The number of benzene rings is 2. The van der Waals surface area contributed by atoms with Crippen molar-refractivity contribution in [3.8, 4) is 0 Å². The Kier molecular flexibility index (Phi) is 3.42. The van der Waals surface area contributed by atoms with E-state index in [9.17, 15) is 0 Å². The van der Waals surface area contributed by atoms with Gasteiger partial charge in [0.1, 0.15) is 0 Å². The number of nitrogens with one attached hydrogen (secondary N) is 1. The van der Waals surface area contributed by atoms with Crippen molar-refractivity contribution in [3.63, 3.8) is 0 Å². The first kappa shape index (κ1) is 12.9. The van der Waals surface area contributed by atoms with Gasteiger partial charge < -0.3 is 5.32 Å². The molecule has 0 aromatic heterocycles. The molecule has 108 valence electrons. The summed E-state index contributed by atoms with van der Waals surface area (Å²) < 4.78 is 0. The zero-order chi connectivity index (χ0) is 14.1. The highest BCUT2D eigenvalue weighted by Crippen LogP contribution is 2.37. The maximum Gasteiger partial charge on any atom is 0.0374 e. The van der Waals surface area contributed by atoms with Crippen LogP contribution in [0.15, 0.2) is 48.5 Å². The Morgan fingerprint density at radius 2 is 1.67 bits per heavy atom. The third kappa shape index (κ3) is 2.57. The lowest BCUT2D eigenvalue weighted by atomic mass is 9.78. The highest BCUT2D eigenvalue weighted by atomic mass is 14.9.